The standard InChI is InChI=1S/C10H13NO6S/c1-16-7-3-4-9(12)8(5-7)11-18(14,15)6-10(13)17-2/h3-5,11-12H,6H2,1-2H3. The second-order valence-electron chi connectivity index (χ2n) is 3.32. The number of sulfonamides is 1. The smallest absolute Gasteiger partial charge is 0.322 e. The Kier molecular flexibility index (Phi) is 4.38. The first-order valence-electron chi connectivity index (χ1n) is 4.82. The van der Waals surface area contributed by atoms with Crippen molar-refractivity contribution in [3.63, 3.8) is 0 Å². The quantitative estimate of drug-likeness (QED) is 0.592. The molecule has 0 saturated heterocycles. The van der Waals surface area contributed by atoms with E-state index in [4.69, 9.17) is 4.74 Å². The van der Waals surface area contributed by atoms with Gasteiger partial charge in [-0.15, -0.1) is 0 Å². The van der Waals surface area contributed by atoms with Gasteiger partial charge in [0.05, 0.1) is 19.9 Å². The van der Waals surface area contributed by atoms with Crippen LogP contribution in [0.5, 0.6) is 11.5 Å². The number of rotatable bonds is 5. The van der Waals surface area contributed by atoms with Crippen molar-refractivity contribution >= 4 is 21.7 Å². The van der Waals surface area contributed by atoms with Crippen molar-refractivity contribution in [1.82, 2.24) is 0 Å². The van der Waals surface area contributed by atoms with Crippen molar-refractivity contribution in [2.45, 2.75) is 0 Å². The number of hydrogen-bond acceptors (Lipinski definition) is 6. The van der Waals surface area contributed by atoms with Gasteiger partial charge >= 0.3 is 5.97 Å². The minimum atomic E-state index is -3.93. The Morgan fingerprint density at radius 3 is 2.61 bits per heavy atom. The van der Waals surface area contributed by atoms with Crippen LogP contribution in [0.1, 0.15) is 0 Å². The van der Waals surface area contributed by atoms with Gasteiger partial charge in [0, 0.05) is 6.07 Å². The number of nitrogens with one attached hydrogen (secondary N) is 1. The van der Waals surface area contributed by atoms with Crippen molar-refractivity contribution in [1.29, 1.82) is 0 Å². The van der Waals surface area contributed by atoms with Gasteiger partial charge in [-0.2, -0.15) is 0 Å². The summed E-state index contributed by atoms with van der Waals surface area (Å²) in [6, 6.07) is 4.03. The number of anilines is 1. The van der Waals surface area contributed by atoms with E-state index in [0.717, 1.165) is 7.11 Å². The summed E-state index contributed by atoms with van der Waals surface area (Å²) in [6.07, 6.45) is 0. The molecule has 0 aromatic heterocycles. The van der Waals surface area contributed by atoms with Crippen molar-refractivity contribution in [2.24, 2.45) is 0 Å². The van der Waals surface area contributed by atoms with Crippen LogP contribution in [0.2, 0.25) is 0 Å². The average molecular weight is 275 g/mol. The largest absolute Gasteiger partial charge is 0.506 e. The first-order valence-corrected chi connectivity index (χ1v) is 6.47. The van der Waals surface area contributed by atoms with E-state index in [2.05, 4.69) is 9.46 Å². The van der Waals surface area contributed by atoms with Gasteiger partial charge in [0.25, 0.3) is 0 Å². The third-order valence-electron chi connectivity index (χ3n) is 2.00. The zero-order valence-electron chi connectivity index (χ0n) is 9.84. The lowest BCUT2D eigenvalue weighted by Crippen LogP contribution is -2.23. The van der Waals surface area contributed by atoms with Crippen LogP contribution < -0.4 is 9.46 Å². The number of carbonyl (C=O) groups is 1. The SMILES string of the molecule is COC(=O)CS(=O)(=O)Nc1cc(OC)ccc1O. The average Bonchev–Trinajstić information content (AvgIpc) is 2.31. The number of carbonyl (C=O) groups excluding carboxylic acids is 1. The second-order valence-corrected chi connectivity index (χ2v) is 5.04. The van der Waals surface area contributed by atoms with Crippen LogP contribution in [0.15, 0.2) is 18.2 Å². The molecule has 0 spiro atoms. The maximum Gasteiger partial charge on any atom is 0.322 e. The van der Waals surface area contributed by atoms with E-state index in [-0.39, 0.29) is 11.4 Å². The van der Waals surface area contributed by atoms with Crippen molar-refractivity contribution in [3.05, 3.63) is 18.2 Å². The molecule has 0 atom stereocenters. The summed E-state index contributed by atoms with van der Waals surface area (Å²) in [4.78, 5) is 10.9. The molecule has 0 saturated carbocycles. The first kappa shape index (κ1) is 14.1. The Morgan fingerprint density at radius 1 is 1.39 bits per heavy atom. The summed E-state index contributed by atoms with van der Waals surface area (Å²) in [5, 5.41) is 9.49. The van der Waals surface area contributed by atoms with E-state index in [1.807, 2.05) is 0 Å². The summed E-state index contributed by atoms with van der Waals surface area (Å²) < 4.78 is 34.3. The highest BCUT2D eigenvalue weighted by atomic mass is 32.2. The Balaban J connectivity index is 2.93. The monoisotopic (exact) mass is 275 g/mol. The lowest BCUT2D eigenvalue weighted by atomic mass is 10.3. The van der Waals surface area contributed by atoms with E-state index in [0.29, 0.717) is 5.75 Å². The highest BCUT2D eigenvalue weighted by Crippen LogP contribution is 2.28. The molecule has 1 aromatic carbocycles. The summed E-state index contributed by atoms with van der Waals surface area (Å²) >= 11 is 0. The van der Waals surface area contributed by atoms with Crippen LogP contribution in [0.3, 0.4) is 0 Å². The molecule has 0 fully saturated rings. The van der Waals surface area contributed by atoms with Gasteiger partial charge in [-0.3, -0.25) is 9.52 Å². The minimum Gasteiger partial charge on any atom is -0.506 e. The molecule has 8 heteroatoms. The van der Waals surface area contributed by atoms with Crippen molar-refractivity contribution in [2.75, 3.05) is 24.7 Å². The highest BCUT2D eigenvalue weighted by Gasteiger charge is 2.18. The van der Waals surface area contributed by atoms with Gasteiger partial charge in [0.1, 0.15) is 11.5 Å². The Hall–Kier alpha value is -1.96. The molecule has 0 unspecified atom stereocenters. The fourth-order valence-corrected chi connectivity index (χ4v) is 2.14. The topological polar surface area (TPSA) is 102 Å². The number of hydrogen-bond donors (Lipinski definition) is 2. The van der Waals surface area contributed by atoms with E-state index >= 15 is 0 Å². The van der Waals surface area contributed by atoms with Crippen LogP contribution >= 0.6 is 0 Å². The van der Waals surface area contributed by atoms with Gasteiger partial charge in [-0.1, -0.05) is 0 Å². The zero-order valence-corrected chi connectivity index (χ0v) is 10.7. The number of benzene rings is 1. The highest BCUT2D eigenvalue weighted by molar-refractivity contribution is 7.93. The molecular weight excluding hydrogens is 262 g/mol. The third-order valence-corrected chi connectivity index (χ3v) is 3.15. The number of esters is 1. The molecule has 1 rings (SSSR count). The molecule has 18 heavy (non-hydrogen) atoms. The van der Waals surface area contributed by atoms with E-state index in [9.17, 15) is 18.3 Å². The van der Waals surface area contributed by atoms with Gasteiger partial charge in [0.15, 0.2) is 5.75 Å². The lowest BCUT2D eigenvalue weighted by molar-refractivity contribution is -0.137. The van der Waals surface area contributed by atoms with Crippen molar-refractivity contribution in [3.8, 4) is 11.5 Å². The van der Waals surface area contributed by atoms with Crippen LogP contribution in [0, 0.1) is 0 Å². The predicted molar refractivity (Wildman–Crippen MR) is 64.1 cm³/mol. The fourth-order valence-electron chi connectivity index (χ4n) is 1.14. The molecule has 2 N–H and O–H groups in total. The number of ether oxygens (including phenoxy) is 2. The molecule has 7 nitrogen and oxygen atoms in total. The fraction of sp³-hybridized carbons (Fsp3) is 0.300. The van der Waals surface area contributed by atoms with E-state index in [1.54, 1.807) is 0 Å². The van der Waals surface area contributed by atoms with Gasteiger partial charge in [-0.25, -0.2) is 8.42 Å². The number of phenolic OH excluding ortho intramolecular Hbond substituents is 1. The molecule has 0 amide bonds. The number of aromatic hydroxyl groups is 1. The molecule has 100 valence electrons. The van der Waals surface area contributed by atoms with E-state index in [1.165, 1.54) is 25.3 Å². The van der Waals surface area contributed by atoms with Crippen LogP contribution in [-0.4, -0.2) is 39.5 Å². The van der Waals surface area contributed by atoms with Crippen LogP contribution in [0.25, 0.3) is 0 Å². The van der Waals surface area contributed by atoms with Crippen LogP contribution in [-0.2, 0) is 19.6 Å². The Labute approximate surface area is 104 Å². The maximum absolute atomic E-state index is 11.6. The summed E-state index contributed by atoms with van der Waals surface area (Å²) in [5.74, 6) is -1.64. The molecule has 0 aliphatic heterocycles. The zero-order chi connectivity index (χ0) is 13.8. The Morgan fingerprint density at radius 2 is 2.06 bits per heavy atom. The van der Waals surface area contributed by atoms with Crippen molar-refractivity contribution < 1.29 is 27.8 Å². The first-order chi connectivity index (χ1) is 8.38. The molecule has 1 aromatic rings. The summed E-state index contributed by atoms with van der Waals surface area (Å²) in [5.41, 5.74) is -0.0711. The molecule has 0 aliphatic rings. The normalized spacial score (nSPS) is 10.8. The van der Waals surface area contributed by atoms with Crippen LogP contribution in [0.4, 0.5) is 5.69 Å². The predicted octanol–water partition coefficient (Wildman–Crippen LogP) is 0.315. The number of phenols is 1. The van der Waals surface area contributed by atoms with E-state index < -0.39 is 21.7 Å². The molecule has 0 heterocycles. The third kappa shape index (κ3) is 3.81. The second kappa shape index (κ2) is 5.58. The minimum absolute atomic E-state index is 0.0711. The summed E-state index contributed by atoms with van der Waals surface area (Å²) in [7, 11) is -1.45. The Bertz CT molecular complexity index is 539. The molecule has 0 radical (unpaired) electrons. The maximum atomic E-state index is 11.6. The van der Waals surface area contributed by atoms with Gasteiger partial charge in [-0.05, 0) is 12.1 Å². The lowest BCUT2D eigenvalue weighted by Gasteiger charge is -2.10. The van der Waals surface area contributed by atoms with Gasteiger partial charge < -0.3 is 14.6 Å². The molecule has 0 bridgehead atoms. The summed E-state index contributed by atoms with van der Waals surface area (Å²) in [6.45, 7) is 0. The van der Waals surface area contributed by atoms with Gasteiger partial charge in [0.2, 0.25) is 10.0 Å². The number of methoxy groups -OCH3 is 2. The molecular formula is C10H13NO6S. The molecule has 0 aliphatic carbocycles.